The van der Waals surface area contributed by atoms with E-state index in [0.29, 0.717) is 0 Å². The van der Waals surface area contributed by atoms with Crippen molar-refractivity contribution in [3.8, 4) is 0 Å². The number of benzene rings is 1. The molecule has 4 heteroatoms. The lowest BCUT2D eigenvalue weighted by Crippen LogP contribution is -2.44. The normalized spacial score (nSPS) is 22.3. The standard InChI is InChI=1S/C17H27BrN2O/c1-3-10-19-12-13-11-14(18)8-9-15(13)20(2)16-6-4-5-7-17(16)21/h8-9,11,16-17,19,21H,3-7,10,12H2,1-2H3. The lowest BCUT2D eigenvalue weighted by Gasteiger charge is -2.37. The van der Waals surface area contributed by atoms with Gasteiger partial charge in [0.25, 0.3) is 0 Å². The number of halogens is 1. The Morgan fingerprint density at radius 3 is 2.81 bits per heavy atom. The molecule has 0 saturated heterocycles. The zero-order valence-electron chi connectivity index (χ0n) is 13.1. The van der Waals surface area contributed by atoms with E-state index in [9.17, 15) is 5.11 Å². The first kappa shape index (κ1) is 16.8. The van der Waals surface area contributed by atoms with Crippen LogP contribution in [0.25, 0.3) is 0 Å². The zero-order chi connectivity index (χ0) is 15.2. The number of hydrogen-bond acceptors (Lipinski definition) is 3. The highest BCUT2D eigenvalue weighted by atomic mass is 79.9. The Balaban J connectivity index is 2.16. The number of aliphatic hydroxyl groups excluding tert-OH is 1. The number of nitrogens with zero attached hydrogens (tertiary/aromatic N) is 1. The summed E-state index contributed by atoms with van der Waals surface area (Å²) in [6, 6.07) is 6.67. The molecule has 118 valence electrons. The van der Waals surface area contributed by atoms with Gasteiger partial charge >= 0.3 is 0 Å². The Labute approximate surface area is 136 Å². The number of likely N-dealkylation sites (N-methyl/N-ethyl adjacent to an activating group) is 1. The third-order valence-electron chi connectivity index (χ3n) is 4.36. The molecule has 1 fully saturated rings. The van der Waals surface area contributed by atoms with E-state index in [4.69, 9.17) is 0 Å². The summed E-state index contributed by atoms with van der Waals surface area (Å²) in [5, 5.41) is 13.8. The van der Waals surface area contributed by atoms with Gasteiger partial charge in [0.05, 0.1) is 12.1 Å². The van der Waals surface area contributed by atoms with Gasteiger partial charge in [0.15, 0.2) is 0 Å². The third-order valence-corrected chi connectivity index (χ3v) is 4.85. The van der Waals surface area contributed by atoms with Gasteiger partial charge in [0, 0.05) is 23.8 Å². The summed E-state index contributed by atoms with van der Waals surface area (Å²) in [4.78, 5) is 2.28. The summed E-state index contributed by atoms with van der Waals surface area (Å²) in [6.45, 7) is 4.08. The molecule has 1 aliphatic rings. The largest absolute Gasteiger partial charge is 0.391 e. The highest BCUT2D eigenvalue weighted by Gasteiger charge is 2.27. The number of rotatable bonds is 6. The molecule has 2 rings (SSSR count). The molecule has 1 aliphatic carbocycles. The van der Waals surface area contributed by atoms with E-state index in [1.807, 2.05) is 0 Å². The molecule has 0 amide bonds. The van der Waals surface area contributed by atoms with E-state index in [1.54, 1.807) is 0 Å². The second-order valence-corrected chi connectivity index (χ2v) is 6.90. The first-order valence-corrected chi connectivity index (χ1v) is 8.82. The fraction of sp³-hybridized carbons (Fsp3) is 0.647. The van der Waals surface area contributed by atoms with Gasteiger partial charge in [-0.2, -0.15) is 0 Å². The fourth-order valence-electron chi connectivity index (χ4n) is 3.16. The Morgan fingerprint density at radius 1 is 1.33 bits per heavy atom. The van der Waals surface area contributed by atoms with Gasteiger partial charge in [-0.3, -0.25) is 0 Å². The van der Waals surface area contributed by atoms with Crippen LogP contribution in [0, 0.1) is 0 Å². The van der Waals surface area contributed by atoms with Crippen molar-refractivity contribution in [2.45, 2.75) is 57.7 Å². The molecule has 0 spiro atoms. The minimum atomic E-state index is -0.205. The van der Waals surface area contributed by atoms with Crippen LogP contribution >= 0.6 is 15.9 Å². The van der Waals surface area contributed by atoms with Crippen LogP contribution in [-0.4, -0.2) is 30.8 Å². The van der Waals surface area contributed by atoms with E-state index in [0.717, 1.165) is 43.2 Å². The van der Waals surface area contributed by atoms with Crippen molar-refractivity contribution in [1.29, 1.82) is 0 Å². The summed E-state index contributed by atoms with van der Waals surface area (Å²) in [7, 11) is 2.12. The number of anilines is 1. The van der Waals surface area contributed by atoms with Crippen molar-refractivity contribution in [1.82, 2.24) is 5.32 Å². The molecule has 1 aromatic rings. The van der Waals surface area contributed by atoms with Crippen LogP contribution in [-0.2, 0) is 6.54 Å². The van der Waals surface area contributed by atoms with Crippen LogP contribution in [0.15, 0.2) is 22.7 Å². The summed E-state index contributed by atoms with van der Waals surface area (Å²) in [5.41, 5.74) is 2.52. The number of nitrogens with one attached hydrogen (secondary N) is 1. The molecule has 2 N–H and O–H groups in total. The topological polar surface area (TPSA) is 35.5 Å². The van der Waals surface area contributed by atoms with Gasteiger partial charge in [-0.15, -0.1) is 0 Å². The van der Waals surface area contributed by atoms with Crippen LogP contribution in [0.2, 0.25) is 0 Å². The van der Waals surface area contributed by atoms with E-state index in [1.165, 1.54) is 17.7 Å². The van der Waals surface area contributed by atoms with E-state index >= 15 is 0 Å². The average Bonchev–Trinajstić information content (AvgIpc) is 2.47. The second-order valence-electron chi connectivity index (χ2n) is 5.98. The monoisotopic (exact) mass is 354 g/mol. The zero-order valence-corrected chi connectivity index (χ0v) is 14.7. The van der Waals surface area contributed by atoms with Crippen molar-refractivity contribution in [3.63, 3.8) is 0 Å². The summed E-state index contributed by atoms with van der Waals surface area (Å²) in [5.74, 6) is 0. The van der Waals surface area contributed by atoms with Gasteiger partial charge in [0.1, 0.15) is 0 Å². The van der Waals surface area contributed by atoms with Crippen LogP contribution in [0.5, 0.6) is 0 Å². The van der Waals surface area contributed by atoms with Crippen LogP contribution in [0.3, 0.4) is 0 Å². The predicted molar refractivity (Wildman–Crippen MR) is 92.8 cm³/mol. The Kier molecular flexibility index (Phi) is 6.52. The van der Waals surface area contributed by atoms with Crippen LogP contribution < -0.4 is 10.2 Å². The van der Waals surface area contributed by atoms with Crippen molar-refractivity contribution < 1.29 is 5.11 Å². The van der Waals surface area contributed by atoms with Crippen molar-refractivity contribution in [3.05, 3.63) is 28.2 Å². The van der Waals surface area contributed by atoms with Gasteiger partial charge in [0.2, 0.25) is 0 Å². The molecule has 2 unspecified atom stereocenters. The van der Waals surface area contributed by atoms with Crippen molar-refractivity contribution >= 4 is 21.6 Å². The molecule has 2 atom stereocenters. The van der Waals surface area contributed by atoms with Gasteiger partial charge in [-0.1, -0.05) is 35.7 Å². The first-order valence-electron chi connectivity index (χ1n) is 8.03. The van der Waals surface area contributed by atoms with Gasteiger partial charge in [-0.05, 0) is 49.6 Å². The minimum absolute atomic E-state index is 0.205. The molecule has 1 aromatic carbocycles. The molecule has 0 radical (unpaired) electrons. The van der Waals surface area contributed by atoms with Crippen LogP contribution in [0.4, 0.5) is 5.69 Å². The van der Waals surface area contributed by atoms with E-state index < -0.39 is 0 Å². The predicted octanol–water partition coefficient (Wildman–Crippen LogP) is 3.69. The minimum Gasteiger partial charge on any atom is -0.391 e. The van der Waals surface area contributed by atoms with Gasteiger partial charge in [-0.25, -0.2) is 0 Å². The molecule has 21 heavy (non-hydrogen) atoms. The maximum Gasteiger partial charge on any atom is 0.0743 e. The molecule has 0 aliphatic heterocycles. The lowest BCUT2D eigenvalue weighted by atomic mass is 9.91. The second kappa shape index (κ2) is 8.16. The molecule has 0 heterocycles. The van der Waals surface area contributed by atoms with Crippen LogP contribution in [0.1, 0.15) is 44.6 Å². The molecule has 0 aromatic heterocycles. The van der Waals surface area contributed by atoms with E-state index in [2.05, 4.69) is 58.3 Å². The fourth-order valence-corrected chi connectivity index (χ4v) is 3.57. The average molecular weight is 355 g/mol. The first-order chi connectivity index (χ1) is 10.1. The molecule has 1 saturated carbocycles. The Bertz CT molecular complexity index is 452. The number of hydrogen-bond donors (Lipinski definition) is 2. The molecular formula is C17H27BrN2O. The third kappa shape index (κ3) is 4.44. The summed E-state index contributed by atoms with van der Waals surface area (Å²) >= 11 is 3.57. The summed E-state index contributed by atoms with van der Waals surface area (Å²) in [6.07, 6.45) is 5.30. The van der Waals surface area contributed by atoms with E-state index in [-0.39, 0.29) is 12.1 Å². The molecule has 0 bridgehead atoms. The van der Waals surface area contributed by atoms with Crippen molar-refractivity contribution in [2.24, 2.45) is 0 Å². The molecule has 3 nitrogen and oxygen atoms in total. The maximum atomic E-state index is 10.3. The Morgan fingerprint density at radius 2 is 2.10 bits per heavy atom. The quantitative estimate of drug-likeness (QED) is 0.764. The SMILES string of the molecule is CCCNCc1cc(Br)ccc1N(C)C1CCCCC1O. The Hall–Kier alpha value is -0.580. The number of aliphatic hydroxyl groups is 1. The maximum absolute atomic E-state index is 10.3. The van der Waals surface area contributed by atoms with Gasteiger partial charge < -0.3 is 15.3 Å². The smallest absolute Gasteiger partial charge is 0.0743 e. The highest BCUT2D eigenvalue weighted by Crippen LogP contribution is 2.30. The molecular weight excluding hydrogens is 328 g/mol. The summed E-state index contributed by atoms with van der Waals surface area (Å²) < 4.78 is 1.11. The van der Waals surface area contributed by atoms with Crippen molar-refractivity contribution in [2.75, 3.05) is 18.5 Å². The lowest BCUT2D eigenvalue weighted by molar-refractivity contribution is 0.106. The highest BCUT2D eigenvalue weighted by molar-refractivity contribution is 9.10.